The molecule has 1 fully saturated rings. The molecule has 1 saturated heterocycles. The maximum Gasteiger partial charge on any atom is 0.212 e. The van der Waals surface area contributed by atoms with Crippen LogP contribution in [-0.4, -0.2) is 29.0 Å². The summed E-state index contributed by atoms with van der Waals surface area (Å²) in [5, 5.41) is 3.44. The number of hydrogen-bond donors (Lipinski definition) is 1. The molecule has 1 aliphatic heterocycles. The fourth-order valence-electron chi connectivity index (χ4n) is 2.77. The normalized spacial score (nSPS) is 16.8. The highest BCUT2D eigenvalue weighted by Gasteiger charge is 2.19. The SMILES string of the molecule is Fc1ccc(NC2CCN(Cc3ccccc3)CC2)cn1. The van der Waals surface area contributed by atoms with Crippen LogP contribution in [0.15, 0.2) is 48.7 Å². The molecule has 110 valence electrons. The Hall–Kier alpha value is -1.94. The van der Waals surface area contributed by atoms with Crippen molar-refractivity contribution in [3.63, 3.8) is 0 Å². The van der Waals surface area contributed by atoms with Crippen LogP contribution >= 0.6 is 0 Å². The van der Waals surface area contributed by atoms with Gasteiger partial charge in [0.05, 0.1) is 11.9 Å². The molecule has 0 atom stereocenters. The van der Waals surface area contributed by atoms with Crippen molar-refractivity contribution in [2.45, 2.75) is 25.4 Å². The molecule has 2 heterocycles. The topological polar surface area (TPSA) is 28.2 Å². The lowest BCUT2D eigenvalue weighted by atomic mass is 10.0. The maximum atomic E-state index is 12.8. The van der Waals surface area contributed by atoms with Gasteiger partial charge in [0, 0.05) is 25.7 Å². The molecule has 0 aliphatic carbocycles. The third-order valence-electron chi connectivity index (χ3n) is 3.93. The highest BCUT2D eigenvalue weighted by atomic mass is 19.1. The van der Waals surface area contributed by atoms with E-state index in [2.05, 4.69) is 45.5 Å². The van der Waals surface area contributed by atoms with Crippen LogP contribution in [0.1, 0.15) is 18.4 Å². The Bertz CT molecular complexity index is 548. The van der Waals surface area contributed by atoms with E-state index in [4.69, 9.17) is 0 Å². The highest BCUT2D eigenvalue weighted by Crippen LogP contribution is 2.17. The first kappa shape index (κ1) is 14.0. The second-order valence-corrected chi connectivity index (χ2v) is 5.55. The smallest absolute Gasteiger partial charge is 0.212 e. The zero-order valence-electron chi connectivity index (χ0n) is 12.0. The van der Waals surface area contributed by atoms with Crippen molar-refractivity contribution in [2.75, 3.05) is 18.4 Å². The van der Waals surface area contributed by atoms with E-state index in [1.54, 1.807) is 12.3 Å². The minimum Gasteiger partial charge on any atom is -0.381 e. The molecular formula is C17H20FN3. The number of benzene rings is 1. The van der Waals surface area contributed by atoms with Crippen LogP contribution in [0.3, 0.4) is 0 Å². The summed E-state index contributed by atoms with van der Waals surface area (Å²) in [6.45, 7) is 3.19. The lowest BCUT2D eigenvalue weighted by Gasteiger charge is -2.32. The van der Waals surface area contributed by atoms with Crippen molar-refractivity contribution in [1.82, 2.24) is 9.88 Å². The van der Waals surface area contributed by atoms with E-state index in [-0.39, 0.29) is 0 Å². The molecule has 0 saturated carbocycles. The molecule has 0 bridgehead atoms. The van der Waals surface area contributed by atoms with E-state index in [9.17, 15) is 4.39 Å². The number of hydrogen-bond acceptors (Lipinski definition) is 3. The summed E-state index contributed by atoms with van der Waals surface area (Å²) in [6.07, 6.45) is 3.76. The van der Waals surface area contributed by atoms with Crippen LogP contribution in [0.5, 0.6) is 0 Å². The van der Waals surface area contributed by atoms with Gasteiger partial charge in [-0.3, -0.25) is 4.90 Å². The zero-order chi connectivity index (χ0) is 14.5. The van der Waals surface area contributed by atoms with Gasteiger partial charge in [0.15, 0.2) is 0 Å². The lowest BCUT2D eigenvalue weighted by molar-refractivity contribution is 0.211. The van der Waals surface area contributed by atoms with E-state index in [1.807, 2.05) is 0 Å². The number of nitrogens with one attached hydrogen (secondary N) is 1. The first-order valence-electron chi connectivity index (χ1n) is 7.44. The summed E-state index contributed by atoms with van der Waals surface area (Å²) in [4.78, 5) is 6.16. The van der Waals surface area contributed by atoms with Crippen molar-refractivity contribution >= 4 is 5.69 Å². The molecule has 1 aliphatic rings. The van der Waals surface area contributed by atoms with Crippen molar-refractivity contribution < 1.29 is 4.39 Å². The van der Waals surface area contributed by atoms with Gasteiger partial charge in [-0.05, 0) is 30.5 Å². The Kier molecular flexibility index (Phi) is 4.46. The fraction of sp³-hybridized carbons (Fsp3) is 0.353. The molecule has 4 heteroatoms. The summed E-state index contributed by atoms with van der Waals surface area (Å²) < 4.78 is 12.8. The number of piperidine rings is 1. The Labute approximate surface area is 124 Å². The van der Waals surface area contributed by atoms with Crippen molar-refractivity contribution in [3.05, 3.63) is 60.2 Å². The first-order valence-corrected chi connectivity index (χ1v) is 7.44. The van der Waals surface area contributed by atoms with Gasteiger partial charge < -0.3 is 5.32 Å². The molecule has 1 aromatic heterocycles. The highest BCUT2D eigenvalue weighted by molar-refractivity contribution is 5.41. The maximum absolute atomic E-state index is 12.8. The van der Waals surface area contributed by atoms with Crippen LogP contribution in [0.25, 0.3) is 0 Å². The molecule has 3 nitrogen and oxygen atoms in total. The molecule has 1 aromatic carbocycles. The second-order valence-electron chi connectivity index (χ2n) is 5.55. The van der Waals surface area contributed by atoms with Gasteiger partial charge in [-0.15, -0.1) is 0 Å². The van der Waals surface area contributed by atoms with Gasteiger partial charge in [-0.2, -0.15) is 4.39 Å². The van der Waals surface area contributed by atoms with Crippen LogP contribution in [-0.2, 0) is 6.54 Å². The summed E-state index contributed by atoms with van der Waals surface area (Å²) in [6, 6.07) is 14.2. The summed E-state index contributed by atoms with van der Waals surface area (Å²) in [5.74, 6) is -0.432. The molecule has 3 rings (SSSR count). The van der Waals surface area contributed by atoms with Crippen LogP contribution in [0, 0.1) is 5.95 Å². The summed E-state index contributed by atoms with van der Waals surface area (Å²) in [5.41, 5.74) is 2.27. The van der Waals surface area contributed by atoms with E-state index >= 15 is 0 Å². The van der Waals surface area contributed by atoms with E-state index in [0.29, 0.717) is 6.04 Å². The molecule has 2 aromatic rings. The quantitative estimate of drug-likeness (QED) is 0.874. The molecular weight excluding hydrogens is 265 g/mol. The van der Waals surface area contributed by atoms with Gasteiger partial charge in [0.25, 0.3) is 0 Å². The third kappa shape index (κ3) is 4.02. The average Bonchev–Trinajstić information content (AvgIpc) is 2.53. The predicted molar refractivity (Wildman–Crippen MR) is 82.6 cm³/mol. The van der Waals surface area contributed by atoms with Crippen LogP contribution in [0.4, 0.5) is 10.1 Å². The van der Waals surface area contributed by atoms with Crippen molar-refractivity contribution in [3.8, 4) is 0 Å². The Morgan fingerprint density at radius 2 is 1.86 bits per heavy atom. The monoisotopic (exact) mass is 285 g/mol. The Balaban J connectivity index is 1.47. The van der Waals surface area contributed by atoms with Crippen molar-refractivity contribution in [1.29, 1.82) is 0 Å². The van der Waals surface area contributed by atoms with E-state index in [1.165, 1.54) is 11.6 Å². The zero-order valence-corrected chi connectivity index (χ0v) is 12.0. The van der Waals surface area contributed by atoms with Crippen LogP contribution < -0.4 is 5.32 Å². The van der Waals surface area contributed by atoms with Gasteiger partial charge in [0.1, 0.15) is 0 Å². The number of likely N-dealkylation sites (tertiary alicyclic amines) is 1. The number of pyridine rings is 1. The molecule has 0 unspecified atom stereocenters. The van der Waals surface area contributed by atoms with E-state index < -0.39 is 5.95 Å². The van der Waals surface area contributed by atoms with Gasteiger partial charge in [0.2, 0.25) is 5.95 Å². The molecule has 0 radical (unpaired) electrons. The third-order valence-corrected chi connectivity index (χ3v) is 3.93. The first-order chi connectivity index (χ1) is 10.3. The number of rotatable bonds is 4. The largest absolute Gasteiger partial charge is 0.381 e. The fourth-order valence-corrected chi connectivity index (χ4v) is 2.77. The van der Waals surface area contributed by atoms with Crippen LogP contribution in [0.2, 0.25) is 0 Å². The Morgan fingerprint density at radius 1 is 1.10 bits per heavy atom. The minimum absolute atomic E-state index is 0.432. The number of aromatic nitrogens is 1. The number of nitrogens with zero attached hydrogens (tertiary/aromatic N) is 2. The second kappa shape index (κ2) is 6.68. The van der Waals surface area contributed by atoms with Gasteiger partial charge >= 0.3 is 0 Å². The molecule has 0 amide bonds. The standard InChI is InChI=1S/C17H20FN3/c18-17-7-6-16(12-19-17)20-15-8-10-21(11-9-15)13-14-4-2-1-3-5-14/h1-7,12,15,20H,8-11,13H2. The minimum atomic E-state index is -0.432. The number of halogens is 1. The predicted octanol–water partition coefficient (Wildman–Crippen LogP) is 3.30. The average molecular weight is 285 g/mol. The number of anilines is 1. The van der Waals surface area contributed by atoms with E-state index in [0.717, 1.165) is 38.2 Å². The van der Waals surface area contributed by atoms with Crippen molar-refractivity contribution in [2.24, 2.45) is 0 Å². The summed E-state index contributed by atoms with van der Waals surface area (Å²) >= 11 is 0. The molecule has 21 heavy (non-hydrogen) atoms. The molecule has 1 N–H and O–H groups in total. The van der Waals surface area contributed by atoms with Gasteiger partial charge in [-0.1, -0.05) is 30.3 Å². The Morgan fingerprint density at radius 3 is 2.52 bits per heavy atom. The summed E-state index contributed by atoms with van der Waals surface area (Å²) in [7, 11) is 0. The lowest BCUT2D eigenvalue weighted by Crippen LogP contribution is -2.38. The molecule has 0 spiro atoms. The van der Waals surface area contributed by atoms with Gasteiger partial charge in [-0.25, -0.2) is 4.98 Å².